The van der Waals surface area contributed by atoms with Crippen molar-refractivity contribution in [2.24, 2.45) is 7.05 Å². The zero-order valence-corrected chi connectivity index (χ0v) is 12.9. The molecular weight excluding hydrogens is 314 g/mol. The number of aromatic nitrogens is 2. The van der Waals surface area contributed by atoms with Crippen LogP contribution in [0.3, 0.4) is 0 Å². The second kappa shape index (κ2) is 5.33. The van der Waals surface area contributed by atoms with Crippen molar-refractivity contribution in [2.75, 3.05) is 5.32 Å². The molecule has 1 N–H and O–H groups in total. The molecule has 1 heterocycles. The van der Waals surface area contributed by atoms with E-state index in [1.807, 2.05) is 30.8 Å². The van der Waals surface area contributed by atoms with E-state index >= 15 is 0 Å². The lowest BCUT2D eigenvalue weighted by Gasteiger charge is -2.09. The summed E-state index contributed by atoms with van der Waals surface area (Å²) in [7, 11) is 1.91. The van der Waals surface area contributed by atoms with Gasteiger partial charge in [0, 0.05) is 17.2 Å². The minimum atomic E-state index is 0.664. The number of anilines is 1. The maximum Gasteiger partial charge on any atom is 0.0865 e. The third-order valence-corrected chi connectivity index (χ3v) is 4.26. The number of aryl methyl sites for hydroxylation is 3. The molecule has 0 amide bonds. The van der Waals surface area contributed by atoms with Gasteiger partial charge < -0.3 is 5.32 Å². The molecule has 0 radical (unpaired) electrons. The van der Waals surface area contributed by atoms with Gasteiger partial charge in [-0.1, -0.05) is 27.5 Å². The molecule has 1 aromatic heterocycles. The predicted molar refractivity (Wildman–Crippen MR) is 79.2 cm³/mol. The van der Waals surface area contributed by atoms with Crippen LogP contribution in [0.15, 0.2) is 22.7 Å². The zero-order valence-electron chi connectivity index (χ0n) is 10.6. The molecule has 0 spiro atoms. The monoisotopic (exact) mass is 327 g/mol. The predicted octanol–water partition coefficient (Wildman–Crippen LogP) is 4.06. The van der Waals surface area contributed by atoms with Crippen LogP contribution in [0.4, 0.5) is 5.69 Å². The molecular formula is C13H15BrClN3. The van der Waals surface area contributed by atoms with Gasteiger partial charge in [0.1, 0.15) is 0 Å². The fourth-order valence-corrected chi connectivity index (χ4v) is 2.29. The average Bonchev–Trinajstić information content (AvgIpc) is 2.56. The number of hydrogen-bond donors (Lipinski definition) is 1. The summed E-state index contributed by atoms with van der Waals surface area (Å²) < 4.78 is 2.93. The summed E-state index contributed by atoms with van der Waals surface area (Å²) in [5, 5.41) is 8.38. The fourth-order valence-electron chi connectivity index (χ4n) is 1.81. The summed E-state index contributed by atoms with van der Waals surface area (Å²) in [5.74, 6) is 0. The molecule has 3 nitrogen and oxygen atoms in total. The summed E-state index contributed by atoms with van der Waals surface area (Å²) in [6, 6.07) is 6.17. The van der Waals surface area contributed by atoms with Crippen LogP contribution in [-0.2, 0) is 13.6 Å². The first-order chi connectivity index (χ1) is 8.49. The van der Waals surface area contributed by atoms with E-state index in [1.165, 1.54) is 5.56 Å². The number of nitrogens with one attached hydrogen (secondary N) is 1. The first-order valence-electron chi connectivity index (χ1n) is 5.67. The van der Waals surface area contributed by atoms with Gasteiger partial charge in [-0.3, -0.25) is 4.68 Å². The van der Waals surface area contributed by atoms with E-state index in [1.54, 1.807) is 0 Å². The Labute approximate surface area is 120 Å². The number of hydrogen-bond acceptors (Lipinski definition) is 2. The van der Waals surface area contributed by atoms with Crippen molar-refractivity contribution in [1.82, 2.24) is 9.78 Å². The number of benzene rings is 1. The third kappa shape index (κ3) is 2.70. The minimum absolute atomic E-state index is 0.664. The highest BCUT2D eigenvalue weighted by atomic mass is 79.9. The summed E-state index contributed by atoms with van der Waals surface area (Å²) in [6.07, 6.45) is 0. The van der Waals surface area contributed by atoms with Crippen LogP contribution >= 0.6 is 27.5 Å². The number of rotatable bonds is 3. The normalized spacial score (nSPS) is 10.7. The molecule has 0 saturated carbocycles. The highest BCUT2D eigenvalue weighted by Gasteiger charge is 2.10. The number of nitrogens with zero attached hydrogens (tertiary/aromatic N) is 2. The second-order valence-electron chi connectivity index (χ2n) is 4.29. The Kier molecular flexibility index (Phi) is 3.97. The van der Waals surface area contributed by atoms with E-state index in [0.29, 0.717) is 6.54 Å². The van der Waals surface area contributed by atoms with Crippen LogP contribution < -0.4 is 5.32 Å². The molecule has 2 rings (SSSR count). The molecule has 0 fully saturated rings. The summed E-state index contributed by atoms with van der Waals surface area (Å²) >= 11 is 9.69. The Balaban J connectivity index is 2.14. The van der Waals surface area contributed by atoms with E-state index in [9.17, 15) is 0 Å². The van der Waals surface area contributed by atoms with E-state index in [0.717, 1.165) is 26.6 Å². The molecule has 0 unspecified atom stereocenters. The van der Waals surface area contributed by atoms with Gasteiger partial charge >= 0.3 is 0 Å². The van der Waals surface area contributed by atoms with E-state index < -0.39 is 0 Å². The zero-order chi connectivity index (χ0) is 13.3. The van der Waals surface area contributed by atoms with Crippen molar-refractivity contribution in [3.8, 4) is 0 Å². The van der Waals surface area contributed by atoms with Crippen molar-refractivity contribution in [1.29, 1.82) is 0 Å². The van der Waals surface area contributed by atoms with Gasteiger partial charge in [-0.2, -0.15) is 5.10 Å². The van der Waals surface area contributed by atoms with Crippen molar-refractivity contribution < 1.29 is 0 Å². The van der Waals surface area contributed by atoms with Crippen molar-refractivity contribution in [3.63, 3.8) is 0 Å². The van der Waals surface area contributed by atoms with Crippen LogP contribution in [0.25, 0.3) is 0 Å². The summed E-state index contributed by atoms with van der Waals surface area (Å²) in [4.78, 5) is 0. The lowest BCUT2D eigenvalue weighted by Crippen LogP contribution is -2.06. The smallest absolute Gasteiger partial charge is 0.0865 e. The first-order valence-corrected chi connectivity index (χ1v) is 6.84. The molecule has 0 bridgehead atoms. The molecule has 0 atom stereocenters. The van der Waals surface area contributed by atoms with Crippen molar-refractivity contribution in [2.45, 2.75) is 20.4 Å². The number of halogens is 2. The molecule has 96 valence electrons. The van der Waals surface area contributed by atoms with Gasteiger partial charge in [0.2, 0.25) is 0 Å². The third-order valence-electron chi connectivity index (χ3n) is 2.88. The van der Waals surface area contributed by atoms with Crippen LogP contribution in [0, 0.1) is 13.8 Å². The van der Waals surface area contributed by atoms with Crippen LogP contribution in [0.5, 0.6) is 0 Å². The van der Waals surface area contributed by atoms with Gasteiger partial charge in [0.25, 0.3) is 0 Å². The van der Waals surface area contributed by atoms with Gasteiger partial charge in [-0.15, -0.1) is 0 Å². The van der Waals surface area contributed by atoms with Gasteiger partial charge in [-0.25, -0.2) is 0 Å². The lowest BCUT2D eigenvalue weighted by atomic mass is 10.2. The van der Waals surface area contributed by atoms with E-state index in [-0.39, 0.29) is 0 Å². The Bertz CT molecular complexity index is 578. The van der Waals surface area contributed by atoms with Crippen LogP contribution in [0.1, 0.15) is 17.0 Å². The molecule has 0 aliphatic carbocycles. The Morgan fingerprint density at radius 1 is 1.39 bits per heavy atom. The van der Waals surface area contributed by atoms with Crippen LogP contribution in [0.2, 0.25) is 5.02 Å². The van der Waals surface area contributed by atoms with E-state index in [4.69, 9.17) is 11.6 Å². The Morgan fingerprint density at radius 3 is 2.67 bits per heavy atom. The highest BCUT2D eigenvalue weighted by molar-refractivity contribution is 9.10. The second-order valence-corrected chi connectivity index (χ2v) is 5.52. The molecule has 0 saturated heterocycles. The van der Waals surface area contributed by atoms with Crippen molar-refractivity contribution >= 4 is 33.2 Å². The van der Waals surface area contributed by atoms with Gasteiger partial charge in [0.05, 0.1) is 23.0 Å². The van der Waals surface area contributed by atoms with Gasteiger partial charge in [-0.05, 0) is 37.6 Å². The molecule has 2 aromatic rings. The molecule has 0 aliphatic rings. The summed E-state index contributed by atoms with van der Waals surface area (Å²) in [5.41, 5.74) is 4.13. The standard InChI is InChI=1S/C13H15BrClN3/c1-8-6-10(4-5-11(8)14)16-7-12-13(15)9(2)17-18(12)3/h4-6,16H,7H2,1-3H3. The van der Waals surface area contributed by atoms with Crippen LogP contribution in [-0.4, -0.2) is 9.78 Å². The first kappa shape index (κ1) is 13.4. The van der Waals surface area contributed by atoms with E-state index in [2.05, 4.69) is 39.3 Å². The highest BCUT2D eigenvalue weighted by Crippen LogP contribution is 2.23. The molecule has 1 aromatic carbocycles. The Morgan fingerprint density at radius 2 is 2.11 bits per heavy atom. The maximum absolute atomic E-state index is 6.21. The van der Waals surface area contributed by atoms with Gasteiger partial charge in [0.15, 0.2) is 0 Å². The average molecular weight is 329 g/mol. The topological polar surface area (TPSA) is 29.9 Å². The minimum Gasteiger partial charge on any atom is -0.379 e. The maximum atomic E-state index is 6.21. The van der Waals surface area contributed by atoms with Crippen molar-refractivity contribution in [3.05, 3.63) is 44.6 Å². The SMILES string of the molecule is Cc1cc(NCc2c(Cl)c(C)nn2C)ccc1Br. The lowest BCUT2D eigenvalue weighted by molar-refractivity contribution is 0.713. The Hall–Kier alpha value is -1.00. The largest absolute Gasteiger partial charge is 0.379 e. The molecule has 0 aliphatic heterocycles. The summed E-state index contributed by atoms with van der Waals surface area (Å²) in [6.45, 7) is 4.64. The fraction of sp³-hybridized carbons (Fsp3) is 0.308. The molecule has 18 heavy (non-hydrogen) atoms. The quantitative estimate of drug-likeness (QED) is 0.920. The molecule has 5 heteroatoms.